The van der Waals surface area contributed by atoms with Gasteiger partial charge in [0.05, 0.1) is 25.2 Å². The molecule has 72 heavy (non-hydrogen) atoms. The summed E-state index contributed by atoms with van der Waals surface area (Å²) in [6.07, 6.45) is 18.7. The molecule has 0 radical (unpaired) electrons. The summed E-state index contributed by atoms with van der Waals surface area (Å²) in [5.74, 6) is 4.84. The Bertz CT molecular complexity index is 3000. The highest BCUT2D eigenvalue weighted by Crippen LogP contribution is 2.45. The summed E-state index contributed by atoms with van der Waals surface area (Å²) in [4.78, 5) is 14.0. The SMILES string of the molecule is COc1ccc2cc1OCc1ccc3c(c(O)cc4c3c1C=CC4C)C(Cc1ccccc1)C#COC(CC1C=C(O)C=CC1CCCCc1cccc(NC(Cc3ccccc3)C(C)O)c1)CC(=O)CC2. The van der Waals surface area contributed by atoms with Gasteiger partial charge in [-0.2, -0.15) is 0 Å². The third-order valence-corrected chi connectivity index (χ3v) is 14.8. The molecule has 4 N–H and O–H groups in total. The first-order valence-electron chi connectivity index (χ1n) is 25.8. The second kappa shape index (κ2) is 23.3. The molecular formula is C64H67NO7. The van der Waals surface area contributed by atoms with E-state index in [0.717, 1.165) is 81.9 Å². The number of carbonyl (C=O) groups is 1. The van der Waals surface area contributed by atoms with Gasteiger partial charge in [-0.15, -0.1) is 0 Å². The number of fused-ring (bicyclic) bond motifs is 9. The summed E-state index contributed by atoms with van der Waals surface area (Å²) in [5.41, 5.74) is 9.30. The lowest BCUT2D eigenvalue weighted by Crippen LogP contribution is -2.33. The molecule has 2 aliphatic carbocycles. The summed E-state index contributed by atoms with van der Waals surface area (Å²) in [6, 6.07) is 40.7. The number of methoxy groups -OCH3 is 1. The van der Waals surface area contributed by atoms with E-state index in [0.29, 0.717) is 43.8 Å². The van der Waals surface area contributed by atoms with E-state index >= 15 is 0 Å². The predicted octanol–water partition coefficient (Wildman–Crippen LogP) is 13.3. The fourth-order valence-corrected chi connectivity index (χ4v) is 10.8. The van der Waals surface area contributed by atoms with Crippen molar-refractivity contribution < 1.29 is 34.3 Å². The van der Waals surface area contributed by atoms with E-state index < -0.39 is 18.1 Å². The Morgan fingerprint density at radius 3 is 2.42 bits per heavy atom. The molecule has 2 heterocycles. The van der Waals surface area contributed by atoms with E-state index in [4.69, 9.17) is 14.2 Å². The number of rotatable bonds is 15. The third kappa shape index (κ3) is 12.3. The average molecular weight is 962 g/mol. The minimum Gasteiger partial charge on any atom is -0.508 e. The first-order chi connectivity index (χ1) is 35.1. The van der Waals surface area contributed by atoms with Crippen LogP contribution in [0.4, 0.5) is 5.69 Å². The highest BCUT2D eigenvalue weighted by Gasteiger charge is 2.29. The lowest BCUT2D eigenvalue weighted by molar-refractivity contribution is -0.121. The van der Waals surface area contributed by atoms with Crippen molar-refractivity contribution in [2.45, 2.75) is 115 Å². The van der Waals surface area contributed by atoms with Crippen molar-refractivity contribution >= 4 is 28.3 Å². The molecule has 370 valence electrons. The van der Waals surface area contributed by atoms with Crippen molar-refractivity contribution in [2.75, 3.05) is 12.4 Å². The lowest BCUT2D eigenvalue weighted by Gasteiger charge is -2.28. The van der Waals surface area contributed by atoms with E-state index in [2.05, 4.69) is 103 Å². The maximum atomic E-state index is 14.0. The summed E-state index contributed by atoms with van der Waals surface area (Å²) in [7, 11) is 1.63. The Balaban J connectivity index is 0.967. The van der Waals surface area contributed by atoms with Crippen LogP contribution in [-0.4, -0.2) is 46.5 Å². The van der Waals surface area contributed by atoms with Gasteiger partial charge in [0.25, 0.3) is 0 Å². The van der Waals surface area contributed by atoms with Gasteiger partial charge < -0.3 is 34.8 Å². The number of ether oxygens (including phenoxy) is 3. The van der Waals surface area contributed by atoms with Crippen LogP contribution >= 0.6 is 0 Å². The van der Waals surface area contributed by atoms with E-state index in [9.17, 15) is 20.1 Å². The number of aliphatic hydroxyl groups is 2. The minimum atomic E-state index is -0.552. The van der Waals surface area contributed by atoms with E-state index in [1.54, 1.807) is 13.2 Å². The van der Waals surface area contributed by atoms with Gasteiger partial charge in [0, 0.05) is 30.0 Å². The van der Waals surface area contributed by atoms with Gasteiger partial charge in [0.1, 0.15) is 36.1 Å². The van der Waals surface area contributed by atoms with Gasteiger partial charge >= 0.3 is 0 Å². The lowest BCUT2D eigenvalue weighted by atomic mass is 9.80. The van der Waals surface area contributed by atoms with E-state index in [1.165, 1.54) is 11.1 Å². The highest BCUT2D eigenvalue weighted by molar-refractivity contribution is 6.00. The molecule has 6 aromatic rings. The summed E-state index contributed by atoms with van der Waals surface area (Å²) < 4.78 is 18.9. The second-order valence-electron chi connectivity index (χ2n) is 20.0. The molecule has 6 bridgehead atoms. The Morgan fingerprint density at radius 1 is 0.833 bits per heavy atom. The van der Waals surface area contributed by atoms with Gasteiger partial charge in [-0.1, -0.05) is 128 Å². The van der Waals surface area contributed by atoms with Gasteiger partial charge in [-0.05, 0) is 156 Å². The Kier molecular flexibility index (Phi) is 16.1. The fourth-order valence-electron chi connectivity index (χ4n) is 10.8. The molecule has 7 unspecified atom stereocenters. The Labute approximate surface area is 425 Å². The molecule has 0 saturated heterocycles. The van der Waals surface area contributed by atoms with Gasteiger partial charge in [0.15, 0.2) is 11.5 Å². The standard InChI is InChI=1S/C64H67NO7/c1-42-21-28-56-50-25-29-57-63(60(69)40-58(42)64(56)57)49(33-44-13-6-4-7-14-44)31-32-71-55(39-54(68)26-22-47-23-30-61(70-3)62(36-47)72-41-50)38-51-37-53(67)27-24-48(51)19-11-10-17-45-18-12-20-52(34-45)65-59(43(2)66)35-46-15-8-5-9-16-46/h4-9,12-16,18,20-21,23-25,27-30,34,36-37,40,42-43,48-49,51,55,59,65-67,69H,10-11,17,19,22,26,33,35,38-39,41H2,1-3H3. The molecule has 0 fully saturated rings. The van der Waals surface area contributed by atoms with E-state index in [1.807, 2.05) is 73.7 Å². The highest BCUT2D eigenvalue weighted by atomic mass is 16.5. The van der Waals surface area contributed by atoms with Gasteiger partial charge in [-0.3, -0.25) is 4.79 Å². The topological polar surface area (TPSA) is 117 Å². The molecular weight excluding hydrogens is 895 g/mol. The van der Waals surface area contributed by atoms with Crippen molar-refractivity contribution in [1.82, 2.24) is 0 Å². The fraction of sp³-hybridized carbons (Fsp3) is 0.328. The molecule has 10 rings (SSSR count). The summed E-state index contributed by atoms with van der Waals surface area (Å²) in [6.45, 7) is 4.28. The number of benzene rings is 6. The van der Waals surface area contributed by atoms with Crippen molar-refractivity contribution in [3.63, 3.8) is 0 Å². The molecule has 4 aliphatic rings. The number of allylic oxidation sites excluding steroid dienone is 4. The van der Waals surface area contributed by atoms with Crippen LogP contribution in [0.15, 0.2) is 151 Å². The molecule has 8 heteroatoms. The number of ketones is 1. The molecule has 2 aliphatic heterocycles. The quantitative estimate of drug-likeness (QED) is 0.0594. The van der Waals surface area contributed by atoms with Crippen molar-refractivity contribution in [3.05, 3.63) is 196 Å². The van der Waals surface area contributed by atoms with Crippen molar-refractivity contribution in [3.8, 4) is 29.3 Å². The van der Waals surface area contributed by atoms with Crippen LogP contribution in [-0.2, 0) is 41.8 Å². The number of nitrogens with one attached hydrogen (secondary N) is 1. The number of phenols is 1. The zero-order chi connectivity index (χ0) is 50.0. The first-order valence-corrected chi connectivity index (χ1v) is 25.8. The zero-order valence-corrected chi connectivity index (χ0v) is 41.7. The minimum absolute atomic E-state index is 0.0583. The number of aryl methyl sites for hydroxylation is 2. The summed E-state index contributed by atoms with van der Waals surface area (Å²) in [5, 5.41) is 39.1. The zero-order valence-electron chi connectivity index (χ0n) is 41.7. The van der Waals surface area contributed by atoms with Crippen LogP contribution in [0.1, 0.15) is 109 Å². The van der Waals surface area contributed by atoms with Crippen LogP contribution in [0.25, 0.3) is 16.8 Å². The Hall–Kier alpha value is -7.21. The average Bonchev–Trinajstić information content (AvgIpc) is 3.38. The molecule has 7 atom stereocenters. The van der Waals surface area contributed by atoms with Gasteiger partial charge in [-0.25, -0.2) is 0 Å². The number of aromatic hydroxyl groups is 1. The number of phenolic OH excluding ortho intramolecular Hbond substituents is 1. The number of carbonyl (C=O) groups excluding carboxylic acids is 1. The first kappa shape index (κ1) is 49.8. The van der Waals surface area contributed by atoms with Crippen LogP contribution in [0.3, 0.4) is 0 Å². The number of hydrogen-bond acceptors (Lipinski definition) is 8. The van der Waals surface area contributed by atoms with Crippen molar-refractivity contribution in [2.24, 2.45) is 11.8 Å². The number of hydrogen-bond donors (Lipinski definition) is 4. The second-order valence-corrected chi connectivity index (χ2v) is 20.0. The molecule has 0 saturated carbocycles. The molecule has 0 spiro atoms. The summed E-state index contributed by atoms with van der Waals surface area (Å²) >= 11 is 0. The largest absolute Gasteiger partial charge is 0.508 e. The number of aliphatic hydroxyl groups excluding tert-OH is 2. The van der Waals surface area contributed by atoms with Crippen LogP contribution in [0.2, 0.25) is 0 Å². The van der Waals surface area contributed by atoms with Gasteiger partial charge in [0.2, 0.25) is 0 Å². The number of anilines is 1. The maximum absolute atomic E-state index is 14.0. The Morgan fingerprint density at radius 2 is 1.62 bits per heavy atom. The smallest absolute Gasteiger partial charge is 0.161 e. The predicted molar refractivity (Wildman–Crippen MR) is 289 cm³/mol. The third-order valence-electron chi connectivity index (χ3n) is 14.8. The monoisotopic (exact) mass is 961 g/mol. The molecule has 6 aromatic carbocycles. The molecule has 0 aromatic heterocycles. The van der Waals surface area contributed by atoms with Crippen LogP contribution < -0.4 is 14.8 Å². The number of unbranched alkanes of at least 4 members (excludes halogenated alkanes) is 1. The number of Topliss-reactive ketones (excluding diaryl/α,β-unsaturated/α-hetero) is 1. The van der Waals surface area contributed by atoms with Crippen LogP contribution in [0, 0.1) is 23.9 Å². The maximum Gasteiger partial charge on any atom is 0.161 e. The van der Waals surface area contributed by atoms with Crippen LogP contribution in [0.5, 0.6) is 17.2 Å². The normalized spacial score (nSPS) is 20.5. The molecule has 8 nitrogen and oxygen atoms in total. The molecule has 0 amide bonds. The van der Waals surface area contributed by atoms with Crippen molar-refractivity contribution in [1.29, 1.82) is 0 Å². The van der Waals surface area contributed by atoms with E-state index in [-0.39, 0.29) is 47.5 Å².